The molecule has 0 aromatic heterocycles. The second-order valence-electron chi connectivity index (χ2n) is 7.79. The Morgan fingerprint density at radius 2 is 1.36 bits per heavy atom. The van der Waals surface area contributed by atoms with Gasteiger partial charge < -0.3 is 26.7 Å². The molecule has 2 amide bonds. The summed E-state index contributed by atoms with van der Waals surface area (Å²) in [5.74, 6) is -0.532. The molecule has 0 radical (unpaired) electrons. The van der Waals surface area contributed by atoms with Crippen LogP contribution in [-0.4, -0.2) is 35.3 Å². The number of anilines is 1. The van der Waals surface area contributed by atoms with Crippen molar-refractivity contribution in [1.29, 1.82) is 0 Å². The molecule has 28 heavy (non-hydrogen) atoms. The summed E-state index contributed by atoms with van der Waals surface area (Å²) in [5.41, 5.74) is 14.8. The first-order valence-corrected chi connectivity index (χ1v) is 8.48. The second kappa shape index (κ2) is 8.59. The Hall–Kier alpha value is -3.30. The summed E-state index contributed by atoms with van der Waals surface area (Å²) >= 11 is 0. The summed E-state index contributed by atoms with van der Waals surface area (Å²) in [6.07, 6.45) is -1.85. The summed E-state index contributed by atoms with van der Waals surface area (Å²) in [4.78, 5) is 34.0. The van der Waals surface area contributed by atoms with Gasteiger partial charge in [0.2, 0.25) is 5.96 Å². The number of carbonyl (C=O) groups excluding carboxylic acids is 2. The Labute approximate surface area is 164 Å². The number of nitrogens with zero attached hydrogens (tertiary/aromatic N) is 3. The van der Waals surface area contributed by atoms with Crippen molar-refractivity contribution < 1.29 is 19.1 Å². The fourth-order valence-corrected chi connectivity index (χ4v) is 1.91. The molecule has 10 nitrogen and oxygen atoms in total. The summed E-state index contributed by atoms with van der Waals surface area (Å²) in [7, 11) is 0. The fraction of sp³-hybridized carbons (Fsp3) is 0.444. The van der Waals surface area contributed by atoms with Gasteiger partial charge >= 0.3 is 12.2 Å². The molecule has 0 fully saturated rings. The molecule has 0 saturated heterocycles. The van der Waals surface area contributed by atoms with Crippen LogP contribution in [0.4, 0.5) is 21.0 Å². The molecule has 0 aliphatic heterocycles. The molecule has 0 heterocycles. The fourth-order valence-electron chi connectivity index (χ4n) is 1.91. The van der Waals surface area contributed by atoms with Crippen molar-refractivity contribution in [1.82, 2.24) is 0 Å². The molecule has 0 aliphatic carbocycles. The summed E-state index contributed by atoms with van der Waals surface area (Å²) in [6.45, 7) is 10.1. The smallest absolute Gasteiger partial charge is 0.424 e. The zero-order valence-corrected chi connectivity index (χ0v) is 17.0. The van der Waals surface area contributed by atoms with Gasteiger partial charge in [0.25, 0.3) is 0 Å². The van der Waals surface area contributed by atoms with Crippen molar-refractivity contribution in [3.63, 3.8) is 0 Å². The van der Waals surface area contributed by atoms with E-state index in [2.05, 4.69) is 9.98 Å². The van der Waals surface area contributed by atoms with E-state index in [4.69, 9.17) is 26.7 Å². The van der Waals surface area contributed by atoms with Gasteiger partial charge in [-0.25, -0.2) is 14.6 Å². The molecule has 0 atom stereocenters. The van der Waals surface area contributed by atoms with E-state index in [1.54, 1.807) is 53.7 Å². The molecule has 0 saturated carbocycles. The van der Waals surface area contributed by atoms with Crippen molar-refractivity contribution in [2.24, 2.45) is 27.2 Å². The first kappa shape index (κ1) is 22.7. The molecule has 10 heteroatoms. The molecule has 0 bridgehead atoms. The van der Waals surface area contributed by atoms with Crippen LogP contribution in [0.2, 0.25) is 0 Å². The molecule has 6 N–H and O–H groups in total. The number of imide groups is 1. The van der Waals surface area contributed by atoms with Crippen LogP contribution in [0.5, 0.6) is 0 Å². The number of rotatable bonds is 2. The van der Waals surface area contributed by atoms with E-state index in [9.17, 15) is 9.59 Å². The number of amides is 2. The van der Waals surface area contributed by atoms with Gasteiger partial charge in [0, 0.05) is 0 Å². The van der Waals surface area contributed by atoms with Gasteiger partial charge in [0.05, 0.1) is 11.4 Å². The van der Waals surface area contributed by atoms with Crippen LogP contribution in [0.25, 0.3) is 0 Å². The van der Waals surface area contributed by atoms with Crippen molar-refractivity contribution >= 4 is 35.5 Å². The topological polar surface area (TPSA) is 159 Å². The average Bonchev–Trinajstić information content (AvgIpc) is 2.44. The third-order valence-electron chi connectivity index (χ3n) is 2.75. The van der Waals surface area contributed by atoms with Gasteiger partial charge in [-0.15, -0.1) is 0 Å². The molecule has 0 unspecified atom stereocenters. The molecule has 0 aliphatic rings. The van der Waals surface area contributed by atoms with E-state index < -0.39 is 23.4 Å². The van der Waals surface area contributed by atoms with Crippen LogP contribution >= 0.6 is 0 Å². The minimum atomic E-state index is -0.926. The highest BCUT2D eigenvalue weighted by Crippen LogP contribution is 2.31. The molecular weight excluding hydrogens is 364 g/mol. The lowest BCUT2D eigenvalue weighted by atomic mass is 10.2. The maximum Gasteiger partial charge on any atom is 0.424 e. The summed E-state index contributed by atoms with van der Waals surface area (Å²) in [5, 5.41) is 0. The Morgan fingerprint density at radius 1 is 0.893 bits per heavy atom. The molecule has 154 valence electrons. The Balaban J connectivity index is 3.48. The van der Waals surface area contributed by atoms with Gasteiger partial charge in [0.15, 0.2) is 5.96 Å². The number of para-hydroxylation sites is 2. The zero-order valence-electron chi connectivity index (χ0n) is 17.0. The van der Waals surface area contributed by atoms with E-state index in [1.165, 1.54) is 12.1 Å². The van der Waals surface area contributed by atoms with Crippen LogP contribution in [0.15, 0.2) is 34.3 Å². The number of hydrogen-bond donors (Lipinski definition) is 3. The average molecular weight is 392 g/mol. The quantitative estimate of drug-likeness (QED) is 0.515. The molecule has 0 spiro atoms. The monoisotopic (exact) mass is 392 g/mol. The van der Waals surface area contributed by atoms with Gasteiger partial charge in [-0.05, 0) is 53.7 Å². The third kappa shape index (κ3) is 7.52. The van der Waals surface area contributed by atoms with E-state index in [-0.39, 0.29) is 23.3 Å². The number of ether oxygens (including phenoxy) is 2. The number of hydrogen-bond acceptors (Lipinski definition) is 5. The first-order chi connectivity index (χ1) is 12.7. The molecule has 1 aromatic carbocycles. The van der Waals surface area contributed by atoms with Crippen LogP contribution < -0.4 is 22.1 Å². The largest absolute Gasteiger partial charge is 0.443 e. The number of guanidine groups is 2. The second-order valence-corrected chi connectivity index (χ2v) is 7.79. The van der Waals surface area contributed by atoms with Crippen LogP contribution in [0.3, 0.4) is 0 Å². The van der Waals surface area contributed by atoms with Crippen LogP contribution in [0, 0.1) is 0 Å². The van der Waals surface area contributed by atoms with E-state index in [1.807, 2.05) is 0 Å². The number of aliphatic imine (C=N–C) groups is 2. The lowest BCUT2D eigenvalue weighted by molar-refractivity contribution is 0.0431. The van der Waals surface area contributed by atoms with Gasteiger partial charge in [-0.1, -0.05) is 12.1 Å². The van der Waals surface area contributed by atoms with Crippen LogP contribution in [-0.2, 0) is 9.47 Å². The SMILES string of the molecule is CC(C)(C)OC(=O)N(C(=O)OC(C)(C)C)c1ccccc1N=C(N)N=C(N)N. The number of benzene rings is 1. The van der Waals surface area contributed by atoms with Crippen molar-refractivity contribution in [2.45, 2.75) is 52.7 Å². The summed E-state index contributed by atoms with van der Waals surface area (Å²) < 4.78 is 10.7. The van der Waals surface area contributed by atoms with Crippen molar-refractivity contribution in [3.8, 4) is 0 Å². The maximum atomic E-state index is 12.8. The third-order valence-corrected chi connectivity index (χ3v) is 2.75. The predicted molar refractivity (Wildman–Crippen MR) is 108 cm³/mol. The Kier molecular flexibility index (Phi) is 6.98. The first-order valence-electron chi connectivity index (χ1n) is 8.48. The van der Waals surface area contributed by atoms with Crippen LogP contribution in [0.1, 0.15) is 41.5 Å². The van der Waals surface area contributed by atoms with E-state index >= 15 is 0 Å². The lowest BCUT2D eigenvalue weighted by Crippen LogP contribution is -2.43. The Morgan fingerprint density at radius 3 is 1.79 bits per heavy atom. The maximum absolute atomic E-state index is 12.8. The number of nitrogens with two attached hydrogens (primary N) is 3. The normalized spacial score (nSPS) is 12.1. The van der Waals surface area contributed by atoms with Gasteiger partial charge in [-0.3, -0.25) is 0 Å². The zero-order chi connectivity index (χ0) is 21.7. The molecule has 1 aromatic rings. The minimum Gasteiger partial charge on any atom is -0.443 e. The van der Waals surface area contributed by atoms with Gasteiger partial charge in [0.1, 0.15) is 11.2 Å². The lowest BCUT2D eigenvalue weighted by Gasteiger charge is -2.29. The van der Waals surface area contributed by atoms with Crippen molar-refractivity contribution in [2.75, 3.05) is 4.90 Å². The standard InChI is InChI=1S/C18H28N6O4/c1-17(2,3)27-15(25)24(16(26)28-18(4,5)6)12-10-8-7-9-11(12)22-14(21)23-13(19)20/h7-10H,1-6H3,(H6,19,20,21,22,23). The Bertz CT molecular complexity index is 758. The van der Waals surface area contributed by atoms with E-state index in [0.29, 0.717) is 0 Å². The highest BCUT2D eigenvalue weighted by molar-refractivity contribution is 6.11. The minimum absolute atomic E-state index is 0.0970. The molecule has 1 rings (SSSR count). The number of carbonyl (C=O) groups is 2. The highest BCUT2D eigenvalue weighted by Gasteiger charge is 2.34. The van der Waals surface area contributed by atoms with E-state index in [0.717, 1.165) is 4.90 Å². The summed E-state index contributed by atoms with van der Waals surface area (Å²) in [6, 6.07) is 6.29. The van der Waals surface area contributed by atoms with Gasteiger partial charge in [-0.2, -0.15) is 9.89 Å². The predicted octanol–water partition coefficient (Wildman–Crippen LogP) is 2.58. The van der Waals surface area contributed by atoms with Crippen molar-refractivity contribution in [3.05, 3.63) is 24.3 Å². The highest BCUT2D eigenvalue weighted by atomic mass is 16.6. The molecular formula is C18H28N6O4.